The van der Waals surface area contributed by atoms with Gasteiger partial charge in [-0.2, -0.15) is 0 Å². The van der Waals surface area contributed by atoms with Crippen molar-refractivity contribution in [1.29, 1.82) is 0 Å². The second-order valence-corrected chi connectivity index (χ2v) is 11.0. The van der Waals surface area contributed by atoms with Crippen LogP contribution in [0.2, 0.25) is 0 Å². The van der Waals surface area contributed by atoms with Crippen molar-refractivity contribution in [3.8, 4) is 5.75 Å². The van der Waals surface area contributed by atoms with E-state index >= 15 is 0 Å². The first kappa shape index (κ1) is 24.2. The fourth-order valence-electron chi connectivity index (χ4n) is 3.23. The summed E-state index contributed by atoms with van der Waals surface area (Å²) >= 11 is 1.43. The van der Waals surface area contributed by atoms with Crippen LogP contribution in [0.4, 0.5) is 5.13 Å². The Kier molecular flexibility index (Phi) is 7.86. The van der Waals surface area contributed by atoms with Crippen LogP contribution >= 0.6 is 11.3 Å². The number of benzene rings is 2. The van der Waals surface area contributed by atoms with Gasteiger partial charge in [0.2, 0.25) is 5.91 Å². The van der Waals surface area contributed by atoms with Crippen LogP contribution in [0.5, 0.6) is 5.75 Å². The number of amides is 1. The van der Waals surface area contributed by atoms with Gasteiger partial charge >= 0.3 is 0 Å². The molecule has 0 radical (unpaired) electrons. The predicted molar refractivity (Wildman–Crippen MR) is 130 cm³/mol. The molecule has 1 heterocycles. The third kappa shape index (κ3) is 5.85. The van der Waals surface area contributed by atoms with Gasteiger partial charge in [0.1, 0.15) is 11.3 Å². The monoisotopic (exact) mass is 475 g/mol. The smallest absolute Gasteiger partial charge is 0.228 e. The second-order valence-electron chi connectivity index (χ2n) is 7.89. The Morgan fingerprint density at radius 2 is 1.81 bits per heavy atom. The molecule has 3 rings (SSSR count). The van der Waals surface area contributed by atoms with E-state index in [1.165, 1.54) is 11.3 Å². The highest BCUT2D eigenvalue weighted by molar-refractivity contribution is 7.91. The third-order valence-corrected chi connectivity index (χ3v) is 7.94. The minimum absolute atomic E-state index is 0.0724. The number of para-hydroxylation sites is 1. The number of hydrogen-bond donors (Lipinski definition) is 0. The number of anilines is 1. The molecule has 0 aliphatic rings. The number of carbonyl (C=O) groups is 1. The van der Waals surface area contributed by atoms with Gasteiger partial charge in [0.05, 0.1) is 22.5 Å². The summed E-state index contributed by atoms with van der Waals surface area (Å²) in [6, 6.07) is 12.5. The molecule has 0 saturated carbocycles. The summed E-state index contributed by atoms with van der Waals surface area (Å²) in [5, 5.41) is 0.595. The number of rotatable bonds is 10. The number of sulfone groups is 1. The SMILES string of the molecule is COc1cccc2sc(N(CCN(C)C)C(=O)CCCS(=O)(=O)c3ccc(C)cc3)nc12. The maximum atomic E-state index is 13.1. The van der Waals surface area contributed by atoms with Crippen molar-refractivity contribution in [3.05, 3.63) is 48.0 Å². The molecule has 0 atom stereocenters. The van der Waals surface area contributed by atoms with E-state index in [9.17, 15) is 13.2 Å². The molecule has 0 aliphatic carbocycles. The number of aryl methyl sites for hydroxylation is 1. The topological polar surface area (TPSA) is 79.8 Å². The molecule has 32 heavy (non-hydrogen) atoms. The maximum absolute atomic E-state index is 13.1. The summed E-state index contributed by atoms with van der Waals surface area (Å²) in [7, 11) is 2.05. The van der Waals surface area contributed by atoms with Gasteiger partial charge in [0, 0.05) is 19.5 Å². The van der Waals surface area contributed by atoms with Crippen molar-refractivity contribution in [1.82, 2.24) is 9.88 Å². The molecule has 0 N–H and O–H groups in total. The van der Waals surface area contributed by atoms with Gasteiger partial charge in [-0.25, -0.2) is 13.4 Å². The molecule has 7 nitrogen and oxygen atoms in total. The standard InChI is InChI=1S/C23H29N3O4S2/c1-17-10-12-18(13-11-17)32(28,29)16-6-9-21(27)26(15-14-25(2)3)23-24-22-19(30-4)7-5-8-20(22)31-23/h5,7-8,10-13H,6,9,14-16H2,1-4H3. The summed E-state index contributed by atoms with van der Waals surface area (Å²) in [6.07, 6.45) is 0.382. The minimum Gasteiger partial charge on any atom is -0.494 e. The Balaban J connectivity index is 1.74. The first-order valence-electron chi connectivity index (χ1n) is 10.4. The van der Waals surface area contributed by atoms with E-state index in [1.54, 1.807) is 36.3 Å². The largest absolute Gasteiger partial charge is 0.494 e. The summed E-state index contributed by atoms with van der Waals surface area (Å²) in [5.41, 5.74) is 1.72. The lowest BCUT2D eigenvalue weighted by atomic mass is 10.2. The first-order valence-corrected chi connectivity index (χ1v) is 12.9. The Morgan fingerprint density at radius 3 is 2.47 bits per heavy atom. The van der Waals surface area contributed by atoms with E-state index in [0.717, 1.165) is 15.8 Å². The normalized spacial score (nSPS) is 11.8. The van der Waals surface area contributed by atoms with E-state index in [0.29, 0.717) is 28.9 Å². The first-order chi connectivity index (χ1) is 15.2. The minimum atomic E-state index is -3.43. The highest BCUT2D eigenvalue weighted by Gasteiger charge is 2.22. The van der Waals surface area contributed by atoms with Crippen LogP contribution < -0.4 is 9.64 Å². The third-order valence-electron chi connectivity index (χ3n) is 5.08. The van der Waals surface area contributed by atoms with Gasteiger partial charge in [0.25, 0.3) is 0 Å². The van der Waals surface area contributed by atoms with E-state index in [1.807, 2.05) is 44.1 Å². The predicted octanol–water partition coefficient (Wildman–Crippen LogP) is 3.76. The molecule has 0 saturated heterocycles. The number of carbonyl (C=O) groups excluding carboxylic acids is 1. The number of fused-ring (bicyclic) bond motifs is 1. The molecular weight excluding hydrogens is 446 g/mol. The molecule has 0 aliphatic heterocycles. The number of thiazole rings is 1. The van der Waals surface area contributed by atoms with E-state index < -0.39 is 9.84 Å². The Morgan fingerprint density at radius 1 is 1.09 bits per heavy atom. The quantitative estimate of drug-likeness (QED) is 0.444. The number of methoxy groups -OCH3 is 1. The van der Waals surface area contributed by atoms with Gasteiger partial charge in [-0.15, -0.1) is 0 Å². The van der Waals surface area contributed by atoms with Gasteiger partial charge in [-0.3, -0.25) is 9.69 Å². The zero-order valence-corrected chi connectivity index (χ0v) is 20.5. The van der Waals surface area contributed by atoms with Gasteiger partial charge in [-0.05, 0) is 51.7 Å². The molecule has 2 aromatic carbocycles. The van der Waals surface area contributed by atoms with Gasteiger partial charge in [0.15, 0.2) is 15.0 Å². The highest BCUT2D eigenvalue weighted by atomic mass is 32.2. The average molecular weight is 476 g/mol. The maximum Gasteiger partial charge on any atom is 0.228 e. The fraction of sp³-hybridized carbons (Fsp3) is 0.391. The summed E-state index contributed by atoms with van der Waals surface area (Å²) < 4.78 is 31.6. The zero-order valence-electron chi connectivity index (χ0n) is 18.9. The second kappa shape index (κ2) is 10.4. The van der Waals surface area contributed by atoms with Crippen LogP contribution in [0.1, 0.15) is 18.4 Å². The van der Waals surface area contributed by atoms with Crippen molar-refractivity contribution in [3.63, 3.8) is 0 Å². The molecule has 0 spiro atoms. The fourth-order valence-corrected chi connectivity index (χ4v) is 5.57. The van der Waals surface area contributed by atoms with E-state index in [-0.39, 0.29) is 24.5 Å². The van der Waals surface area contributed by atoms with Crippen LogP contribution in [0.15, 0.2) is 47.4 Å². The van der Waals surface area contributed by atoms with Crippen molar-refractivity contribution in [2.75, 3.05) is 44.9 Å². The number of hydrogen-bond acceptors (Lipinski definition) is 7. The lowest BCUT2D eigenvalue weighted by Gasteiger charge is -2.22. The zero-order chi connectivity index (χ0) is 23.3. The molecule has 1 amide bonds. The number of ether oxygens (including phenoxy) is 1. The summed E-state index contributed by atoms with van der Waals surface area (Å²) in [4.78, 5) is 21.7. The van der Waals surface area contributed by atoms with E-state index in [4.69, 9.17) is 4.74 Å². The van der Waals surface area contributed by atoms with Crippen LogP contribution in [-0.4, -0.2) is 64.3 Å². The summed E-state index contributed by atoms with van der Waals surface area (Å²) in [6.45, 7) is 3.05. The number of nitrogens with zero attached hydrogens (tertiary/aromatic N) is 3. The molecule has 0 bridgehead atoms. The molecule has 3 aromatic rings. The lowest BCUT2D eigenvalue weighted by Crippen LogP contribution is -2.36. The Bertz CT molecular complexity index is 1170. The summed E-state index contributed by atoms with van der Waals surface area (Å²) in [5.74, 6) is 0.454. The Labute approximate surface area is 193 Å². The lowest BCUT2D eigenvalue weighted by molar-refractivity contribution is -0.118. The Hall–Kier alpha value is -2.49. The number of aromatic nitrogens is 1. The highest BCUT2D eigenvalue weighted by Crippen LogP contribution is 2.34. The number of likely N-dealkylation sites (N-methyl/N-ethyl adjacent to an activating group) is 1. The van der Waals surface area contributed by atoms with Crippen LogP contribution in [0.25, 0.3) is 10.2 Å². The van der Waals surface area contributed by atoms with Crippen molar-refractivity contribution in [2.45, 2.75) is 24.7 Å². The van der Waals surface area contributed by atoms with Crippen molar-refractivity contribution >= 4 is 42.4 Å². The molecule has 0 fully saturated rings. The van der Waals surface area contributed by atoms with Crippen molar-refractivity contribution in [2.24, 2.45) is 0 Å². The molecule has 1 aromatic heterocycles. The van der Waals surface area contributed by atoms with Crippen LogP contribution in [0, 0.1) is 6.92 Å². The molecular formula is C23H29N3O4S2. The molecule has 172 valence electrons. The average Bonchev–Trinajstić information content (AvgIpc) is 3.17. The van der Waals surface area contributed by atoms with Crippen LogP contribution in [0.3, 0.4) is 0 Å². The van der Waals surface area contributed by atoms with E-state index in [2.05, 4.69) is 4.98 Å². The molecule has 0 unspecified atom stereocenters. The molecule has 9 heteroatoms. The van der Waals surface area contributed by atoms with Crippen LogP contribution in [-0.2, 0) is 14.6 Å². The van der Waals surface area contributed by atoms with Crippen molar-refractivity contribution < 1.29 is 17.9 Å². The van der Waals surface area contributed by atoms with Gasteiger partial charge < -0.3 is 9.64 Å². The van der Waals surface area contributed by atoms with Gasteiger partial charge in [-0.1, -0.05) is 35.1 Å².